The Labute approximate surface area is 323 Å². The highest BCUT2D eigenvalue weighted by Crippen LogP contribution is 2.69. The van der Waals surface area contributed by atoms with E-state index >= 15 is 0 Å². The molecule has 0 unspecified atom stereocenters. The fourth-order valence-corrected chi connectivity index (χ4v) is 12.3. The summed E-state index contributed by atoms with van der Waals surface area (Å²) in [5, 5.41) is 4.96. The third kappa shape index (κ3) is 4.59. The van der Waals surface area contributed by atoms with Crippen molar-refractivity contribution in [1.82, 2.24) is 0 Å². The first-order valence-electron chi connectivity index (χ1n) is 20.4. The molecule has 0 saturated heterocycles. The predicted molar refractivity (Wildman–Crippen MR) is 230 cm³/mol. The number of anilines is 3. The van der Waals surface area contributed by atoms with Gasteiger partial charge in [-0.3, -0.25) is 0 Å². The Morgan fingerprint density at radius 1 is 0.382 bits per heavy atom. The van der Waals surface area contributed by atoms with Crippen LogP contribution in [-0.4, -0.2) is 0 Å². The molecule has 1 nitrogen and oxygen atoms in total. The van der Waals surface area contributed by atoms with E-state index in [-0.39, 0.29) is 5.41 Å². The molecule has 55 heavy (non-hydrogen) atoms. The van der Waals surface area contributed by atoms with Crippen LogP contribution in [0.5, 0.6) is 0 Å². The fraction of sp³-hybridized carbons (Fsp3) is 0.185. The maximum atomic E-state index is 2.55. The molecule has 1 heteroatoms. The highest BCUT2D eigenvalue weighted by Gasteiger charge is 2.61. The number of rotatable bonds is 5. The van der Waals surface area contributed by atoms with Gasteiger partial charge in [-0.1, -0.05) is 146 Å². The van der Waals surface area contributed by atoms with E-state index in [1.54, 1.807) is 11.1 Å². The summed E-state index contributed by atoms with van der Waals surface area (Å²) in [6, 6.07) is 66.0. The monoisotopic (exact) mass is 705 g/mol. The maximum Gasteiger partial charge on any atom is 0.0540 e. The van der Waals surface area contributed by atoms with Crippen molar-refractivity contribution < 1.29 is 0 Å². The van der Waals surface area contributed by atoms with Crippen molar-refractivity contribution >= 4 is 38.6 Å². The first kappa shape index (κ1) is 31.4. The minimum atomic E-state index is 0.208. The van der Waals surface area contributed by atoms with E-state index in [1.165, 1.54) is 98.4 Å². The Bertz CT molecular complexity index is 2740. The maximum absolute atomic E-state index is 2.55. The van der Waals surface area contributed by atoms with Crippen LogP contribution in [0.15, 0.2) is 176 Å². The van der Waals surface area contributed by atoms with Gasteiger partial charge in [0.1, 0.15) is 0 Å². The molecule has 0 radical (unpaired) electrons. The number of fused-ring (bicyclic) bond motifs is 5. The molecule has 0 N–H and O–H groups in total. The molecule has 4 fully saturated rings. The van der Waals surface area contributed by atoms with E-state index in [0.717, 1.165) is 29.4 Å². The lowest BCUT2D eigenvalue weighted by Crippen LogP contribution is -2.55. The molecule has 5 aliphatic carbocycles. The van der Waals surface area contributed by atoms with Crippen LogP contribution in [0.3, 0.4) is 0 Å². The largest absolute Gasteiger partial charge is 0.309 e. The molecule has 0 atom stereocenters. The summed E-state index contributed by atoms with van der Waals surface area (Å²) in [5.41, 5.74) is 15.0. The summed E-state index contributed by atoms with van der Waals surface area (Å²) in [6.07, 6.45) is 7.16. The second-order valence-electron chi connectivity index (χ2n) is 16.9. The molecule has 0 heterocycles. The first-order chi connectivity index (χ1) is 27.2. The van der Waals surface area contributed by atoms with Gasteiger partial charge in [-0.15, -0.1) is 0 Å². The van der Waals surface area contributed by atoms with Crippen molar-refractivity contribution in [2.24, 2.45) is 23.7 Å². The first-order valence-corrected chi connectivity index (χ1v) is 20.4. The summed E-state index contributed by atoms with van der Waals surface area (Å²) in [7, 11) is 0. The molecular weight excluding hydrogens is 663 g/mol. The number of benzene rings is 8. The van der Waals surface area contributed by atoms with Gasteiger partial charge in [0.2, 0.25) is 0 Å². The average Bonchev–Trinajstić information content (AvgIpc) is 3.53. The smallest absolute Gasteiger partial charge is 0.0540 e. The minimum absolute atomic E-state index is 0.208. The summed E-state index contributed by atoms with van der Waals surface area (Å²) in [5.74, 6) is 3.48. The molecule has 13 rings (SSSR count). The lowest BCUT2D eigenvalue weighted by molar-refractivity contribution is -0.0399. The Hall–Kier alpha value is -5.92. The Kier molecular flexibility index (Phi) is 6.88. The van der Waals surface area contributed by atoms with Gasteiger partial charge >= 0.3 is 0 Å². The molecule has 1 spiro atoms. The van der Waals surface area contributed by atoms with Crippen LogP contribution in [-0.2, 0) is 5.41 Å². The second-order valence-corrected chi connectivity index (χ2v) is 16.9. The summed E-state index contributed by atoms with van der Waals surface area (Å²) in [4.78, 5) is 2.47. The van der Waals surface area contributed by atoms with Crippen LogP contribution < -0.4 is 4.90 Å². The van der Waals surface area contributed by atoms with Gasteiger partial charge in [0.05, 0.1) is 11.4 Å². The van der Waals surface area contributed by atoms with E-state index < -0.39 is 0 Å². The van der Waals surface area contributed by atoms with Gasteiger partial charge in [0, 0.05) is 21.9 Å². The third-order valence-corrected chi connectivity index (χ3v) is 14.2. The molecular formula is C54H43N. The Morgan fingerprint density at radius 3 is 1.80 bits per heavy atom. The van der Waals surface area contributed by atoms with Crippen LogP contribution in [0.2, 0.25) is 0 Å². The van der Waals surface area contributed by atoms with Crippen molar-refractivity contribution in [2.75, 3.05) is 4.90 Å². The zero-order valence-electron chi connectivity index (χ0n) is 31.0. The molecule has 8 aromatic carbocycles. The topological polar surface area (TPSA) is 3.24 Å². The zero-order valence-corrected chi connectivity index (χ0v) is 31.0. The molecule has 0 amide bonds. The average molecular weight is 706 g/mol. The van der Waals surface area contributed by atoms with Crippen molar-refractivity contribution in [1.29, 1.82) is 0 Å². The highest BCUT2D eigenvalue weighted by molar-refractivity contribution is 6.09. The molecule has 4 bridgehead atoms. The van der Waals surface area contributed by atoms with Gasteiger partial charge < -0.3 is 4.90 Å². The fourth-order valence-electron chi connectivity index (χ4n) is 12.3. The number of nitrogens with zero attached hydrogens (tertiary/aromatic N) is 1. The normalized spacial score (nSPS) is 23.0. The zero-order chi connectivity index (χ0) is 36.1. The van der Waals surface area contributed by atoms with E-state index in [0.29, 0.717) is 0 Å². The summed E-state index contributed by atoms with van der Waals surface area (Å²) in [6.45, 7) is 0. The van der Waals surface area contributed by atoms with Crippen LogP contribution >= 0.6 is 0 Å². The second kappa shape index (κ2) is 12.0. The van der Waals surface area contributed by atoms with Crippen molar-refractivity contribution in [3.05, 3.63) is 187 Å². The third-order valence-electron chi connectivity index (χ3n) is 14.2. The van der Waals surface area contributed by atoms with Crippen molar-refractivity contribution in [3.8, 4) is 33.4 Å². The highest BCUT2D eigenvalue weighted by atomic mass is 15.1. The van der Waals surface area contributed by atoms with Crippen LogP contribution in [0.4, 0.5) is 17.1 Å². The number of hydrogen-bond acceptors (Lipinski definition) is 1. The van der Waals surface area contributed by atoms with Gasteiger partial charge in [-0.2, -0.15) is 0 Å². The summed E-state index contributed by atoms with van der Waals surface area (Å²) >= 11 is 0. The van der Waals surface area contributed by atoms with Crippen LogP contribution in [0, 0.1) is 23.7 Å². The van der Waals surface area contributed by atoms with Gasteiger partial charge in [-0.05, 0) is 141 Å². The molecule has 5 aliphatic rings. The van der Waals surface area contributed by atoms with Crippen molar-refractivity contribution in [2.45, 2.75) is 37.5 Å². The number of hydrogen-bond donors (Lipinski definition) is 0. The summed E-state index contributed by atoms with van der Waals surface area (Å²) < 4.78 is 0. The van der Waals surface area contributed by atoms with Crippen LogP contribution in [0.1, 0.15) is 43.2 Å². The molecule has 4 saturated carbocycles. The van der Waals surface area contributed by atoms with E-state index in [4.69, 9.17) is 0 Å². The van der Waals surface area contributed by atoms with Gasteiger partial charge in [0.25, 0.3) is 0 Å². The lowest BCUT2D eigenvalue weighted by atomic mass is 9.43. The Balaban J connectivity index is 0.988. The predicted octanol–water partition coefficient (Wildman–Crippen LogP) is 14.5. The van der Waals surface area contributed by atoms with Gasteiger partial charge in [-0.25, -0.2) is 0 Å². The van der Waals surface area contributed by atoms with Crippen LogP contribution in [0.25, 0.3) is 54.9 Å². The minimum Gasteiger partial charge on any atom is -0.309 e. The quantitative estimate of drug-likeness (QED) is 0.172. The lowest BCUT2D eigenvalue weighted by Gasteiger charge is -2.61. The SMILES string of the molecule is c1ccc(-c2ccc(N(c3ccc(-c4ccc5c(c4)-c4ccccc4C54C5CC6CC(C5)CC4C6)cc3)c3cccc4ccccc34)c3ccccc23)cc1. The standard InChI is InChI=1S/C54H43N/c1-2-11-38(12-3-1)44-26-28-53(48-18-7-6-16-46(44)48)55(52-20-10-14-39-13-4-5-15-45(39)52)43-24-21-37(22-25-43)40-23-27-51-49(34-40)47-17-8-9-19-50(47)54(51)41-30-35-29-36(32-41)33-42(54)31-35/h1-28,34-36,41-42H,29-33H2. The molecule has 264 valence electrons. The molecule has 8 aromatic rings. The van der Waals surface area contributed by atoms with E-state index in [9.17, 15) is 0 Å². The van der Waals surface area contributed by atoms with E-state index in [1.807, 2.05) is 0 Å². The molecule has 0 aliphatic heterocycles. The van der Waals surface area contributed by atoms with E-state index in [2.05, 4.69) is 181 Å². The van der Waals surface area contributed by atoms with Crippen molar-refractivity contribution in [3.63, 3.8) is 0 Å². The Morgan fingerprint density at radius 2 is 1.00 bits per heavy atom. The van der Waals surface area contributed by atoms with Gasteiger partial charge in [0.15, 0.2) is 0 Å². The molecule has 0 aromatic heterocycles.